The molecule has 0 fully saturated rings. The third kappa shape index (κ3) is 12.4. The van der Waals surface area contributed by atoms with Crippen LogP contribution in [-0.4, -0.2) is 22.2 Å². The quantitative estimate of drug-likeness (QED) is 0.468. The van der Waals surface area contributed by atoms with E-state index >= 15 is 0 Å². The standard InChI is InChI=1S/C12H18O4/c13-11(14)9-7-5-3-1-2-4-6-8-10-12(15)16/h1-2,5,7H,3-4,6,8-10H2,(H,13,14)(H,15,16)/b2-1?,7-5-. The summed E-state index contributed by atoms with van der Waals surface area (Å²) in [7, 11) is 0. The van der Waals surface area contributed by atoms with E-state index in [1.807, 2.05) is 18.2 Å². The normalized spacial score (nSPS) is 11.2. The van der Waals surface area contributed by atoms with Crippen LogP contribution < -0.4 is 0 Å². The maximum Gasteiger partial charge on any atom is 0.307 e. The second kappa shape index (κ2) is 9.96. The lowest BCUT2D eigenvalue weighted by molar-refractivity contribution is -0.137. The number of carbonyl (C=O) groups is 2. The lowest BCUT2D eigenvalue weighted by Crippen LogP contribution is -1.92. The van der Waals surface area contributed by atoms with Crippen LogP contribution in [-0.2, 0) is 9.59 Å². The minimum absolute atomic E-state index is 0.0620. The van der Waals surface area contributed by atoms with Crippen molar-refractivity contribution in [1.29, 1.82) is 0 Å². The summed E-state index contributed by atoms with van der Waals surface area (Å²) in [5.74, 6) is -1.57. The lowest BCUT2D eigenvalue weighted by atomic mass is 10.2. The summed E-state index contributed by atoms with van der Waals surface area (Å²) >= 11 is 0. The Morgan fingerprint density at radius 1 is 0.875 bits per heavy atom. The van der Waals surface area contributed by atoms with Crippen molar-refractivity contribution in [2.24, 2.45) is 0 Å². The first kappa shape index (κ1) is 14.4. The average molecular weight is 226 g/mol. The summed E-state index contributed by atoms with van der Waals surface area (Å²) in [6.07, 6.45) is 10.9. The van der Waals surface area contributed by atoms with E-state index in [0.29, 0.717) is 6.42 Å². The first-order valence-electron chi connectivity index (χ1n) is 5.36. The van der Waals surface area contributed by atoms with Gasteiger partial charge in [0.15, 0.2) is 0 Å². The molecule has 0 radical (unpaired) electrons. The average Bonchev–Trinajstić information content (AvgIpc) is 2.20. The zero-order valence-corrected chi connectivity index (χ0v) is 9.26. The monoisotopic (exact) mass is 226 g/mol. The highest BCUT2D eigenvalue weighted by molar-refractivity contribution is 5.68. The Hall–Kier alpha value is -1.58. The van der Waals surface area contributed by atoms with Gasteiger partial charge in [-0.2, -0.15) is 0 Å². The van der Waals surface area contributed by atoms with Crippen LogP contribution >= 0.6 is 0 Å². The minimum atomic E-state index is -0.825. The van der Waals surface area contributed by atoms with Gasteiger partial charge in [-0.15, -0.1) is 0 Å². The fraction of sp³-hybridized carbons (Fsp3) is 0.500. The first-order valence-corrected chi connectivity index (χ1v) is 5.36. The molecule has 0 aromatic carbocycles. The molecular formula is C12H18O4. The van der Waals surface area contributed by atoms with Gasteiger partial charge in [-0.25, -0.2) is 0 Å². The van der Waals surface area contributed by atoms with Crippen LogP contribution in [0.25, 0.3) is 0 Å². The Labute approximate surface area is 95.3 Å². The molecule has 0 bridgehead atoms. The highest BCUT2D eigenvalue weighted by Gasteiger charge is 1.93. The van der Waals surface area contributed by atoms with Crippen LogP contribution in [0, 0.1) is 0 Å². The van der Waals surface area contributed by atoms with E-state index in [1.165, 1.54) is 0 Å². The molecule has 0 atom stereocenters. The van der Waals surface area contributed by atoms with Gasteiger partial charge in [0.2, 0.25) is 0 Å². The fourth-order valence-electron chi connectivity index (χ4n) is 1.11. The molecule has 0 saturated heterocycles. The summed E-state index contributed by atoms with van der Waals surface area (Å²) in [5.41, 5.74) is 0. The van der Waals surface area contributed by atoms with E-state index in [9.17, 15) is 9.59 Å². The molecular weight excluding hydrogens is 208 g/mol. The van der Waals surface area contributed by atoms with Crippen LogP contribution in [0.2, 0.25) is 0 Å². The van der Waals surface area contributed by atoms with Crippen LogP contribution in [0.1, 0.15) is 38.5 Å². The fourth-order valence-corrected chi connectivity index (χ4v) is 1.11. The Morgan fingerprint density at radius 3 is 2.19 bits per heavy atom. The maximum atomic E-state index is 10.2. The number of aliphatic carboxylic acids is 2. The number of rotatable bonds is 9. The topological polar surface area (TPSA) is 74.6 Å². The third-order valence-corrected chi connectivity index (χ3v) is 1.91. The van der Waals surface area contributed by atoms with Gasteiger partial charge in [-0.3, -0.25) is 9.59 Å². The number of hydrogen-bond donors (Lipinski definition) is 2. The molecule has 4 heteroatoms. The molecule has 0 rings (SSSR count). The lowest BCUT2D eigenvalue weighted by Gasteiger charge is -1.92. The number of allylic oxidation sites excluding steroid dienone is 3. The Bertz CT molecular complexity index is 266. The van der Waals surface area contributed by atoms with Gasteiger partial charge >= 0.3 is 11.9 Å². The van der Waals surface area contributed by atoms with E-state index in [2.05, 4.69) is 0 Å². The smallest absolute Gasteiger partial charge is 0.307 e. The zero-order valence-electron chi connectivity index (χ0n) is 9.26. The van der Waals surface area contributed by atoms with Crippen molar-refractivity contribution in [2.75, 3.05) is 0 Å². The molecule has 0 aromatic heterocycles. The predicted octanol–water partition coefficient (Wildman–Crippen LogP) is 2.61. The van der Waals surface area contributed by atoms with Gasteiger partial charge in [0.25, 0.3) is 0 Å². The Morgan fingerprint density at radius 2 is 1.56 bits per heavy atom. The first-order chi connectivity index (χ1) is 7.63. The molecule has 2 N–H and O–H groups in total. The maximum absolute atomic E-state index is 10.2. The van der Waals surface area contributed by atoms with Crippen LogP contribution in [0.15, 0.2) is 24.3 Å². The zero-order chi connectivity index (χ0) is 12.2. The molecule has 0 heterocycles. The summed E-state index contributed by atoms with van der Waals surface area (Å²) in [4.78, 5) is 20.3. The minimum Gasteiger partial charge on any atom is -0.481 e. The Kier molecular flexibility index (Phi) is 8.97. The number of carboxylic acid groups (broad SMARTS) is 2. The van der Waals surface area contributed by atoms with Crippen molar-refractivity contribution in [3.05, 3.63) is 24.3 Å². The SMILES string of the molecule is O=C(O)C/C=C\CC=CCCCCC(=O)O. The largest absolute Gasteiger partial charge is 0.481 e. The molecule has 0 amide bonds. The predicted molar refractivity (Wildman–Crippen MR) is 61.3 cm³/mol. The molecule has 0 aliphatic heterocycles. The van der Waals surface area contributed by atoms with Crippen LogP contribution in [0.5, 0.6) is 0 Å². The molecule has 4 nitrogen and oxygen atoms in total. The summed E-state index contributed by atoms with van der Waals surface area (Å²) in [6.45, 7) is 0. The van der Waals surface area contributed by atoms with Gasteiger partial charge in [-0.05, 0) is 25.7 Å². The van der Waals surface area contributed by atoms with Crippen molar-refractivity contribution in [3.8, 4) is 0 Å². The summed E-state index contributed by atoms with van der Waals surface area (Å²) in [5, 5.41) is 16.7. The number of hydrogen-bond acceptors (Lipinski definition) is 2. The van der Waals surface area contributed by atoms with Crippen molar-refractivity contribution < 1.29 is 19.8 Å². The van der Waals surface area contributed by atoms with Crippen molar-refractivity contribution in [2.45, 2.75) is 38.5 Å². The van der Waals surface area contributed by atoms with Gasteiger partial charge < -0.3 is 10.2 Å². The summed E-state index contributed by atoms with van der Waals surface area (Å²) in [6, 6.07) is 0. The molecule has 0 aliphatic carbocycles. The van der Waals surface area contributed by atoms with Gasteiger partial charge in [0.1, 0.15) is 0 Å². The van der Waals surface area contributed by atoms with E-state index in [1.54, 1.807) is 6.08 Å². The van der Waals surface area contributed by atoms with E-state index in [4.69, 9.17) is 10.2 Å². The molecule has 16 heavy (non-hydrogen) atoms. The van der Waals surface area contributed by atoms with Crippen molar-refractivity contribution in [1.82, 2.24) is 0 Å². The van der Waals surface area contributed by atoms with Crippen LogP contribution in [0.4, 0.5) is 0 Å². The molecule has 0 spiro atoms. The van der Waals surface area contributed by atoms with E-state index in [-0.39, 0.29) is 12.8 Å². The molecule has 0 saturated carbocycles. The van der Waals surface area contributed by atoms with Gasteiger partial charge in [0.05, 0.1) is 6.42 Å². The molecule has 90 valence electrons. The van der Waals surface area contributed by atoms with E-state index in [0.717, 1.165) is 19.3 Å². The van der Waals surface area contributed by atoms with E-state index < -0.39 is 11.9 Å². The van der Waals surface area contributed by atoms with Gasteiger partial charge in [0, 0.05) is 6.42 Å². The van der Waals surface area contributed by atoms with Crippen LogP contribution in [0.3, 0.4) is 0 Å². The van der Waals surface area contributed by atoms with Crippen molar-refractivity contribution in [3.63, 3.8) is 0 Å². The Balaban J connectivity index is 3.31. The molecule has 0 aromatic rings. The second-order valence-corrected chi connectivity index (χ2v) is 3.42. The number of carboxylic acids is 2. The summed E-state index contributed by atoms with van der Waals surface area (Å²) < 4.78 is 0. The third-order valence-electron chi connectivity index (χ3n) is 1.91. The number of unbranched alkanes of at least 4 members (excludes halogenated alkanes) is 2. The van der Waals surface area contributed by atoms with Crippen molar-refractivity contribution >= 4 is 11.9 Å². The van der Waals surface area contributed by atoms with Gasteiger partial charge in [-0.1, -0.05) is 24.3 Å². The second-order valence-electron chi connectivity index (χ2n) is 3.42. The molecule has 0 unspecified atom stereocenters. The highest BCUT2D eigenvalue weighted by Crippen LogP contribution is 2.01. The molecule has 0 aliphatic rings. The highest BCUT2D eigenvalue weighted by atomic mass is 16.4.